The Labute approximate surface area is 130 Å². The van der Waals surface area contributed by atoms with Crippen molar-refractivity contribution in [3.8, 4) is 0 Å². The van der Waals surface area contributed by atoms with Crippen molar-refractivity contribution in [2.75, 3.05) is 20.2 Å². The summed E-state index contributed by atoms with van der Waals surface area (Å²) in [6, 6.07) is 6.06. The van der Waals surface area contributed by atoms with Crippen molar-refractivity contribution in [1.29, 1.82) is 0 Å². The molecule has 1 atom stereocenters. The molecular weight excluding hydrogens is 306 g/mol. The highest BCUT2D eigenvalue weighted by atomic mass is 32.2. The maximum Gasteiger partial charge on any atom is 0.313 e. The third-order valence-corrected chi connectivity index (χ3v) is 6.07. The Morgan fingerprint density at radius 3 is 2.36 bits per heavy atom. The van der Waals surface area contributed by atoms with Crippen molar-refractivity contribution in [3.05, 3.63) is 29.8 Å². The quantitative estimate of drug-likeness (QED) is 0.885. The molecule has 1 saturated heterocycles. The van der Waals surface area contributed by atoms with Gasteiger partial charge >= 0.3 is 5.97 Å². The molecule has 0 bridgehead atoms. The van der Waals surface area contributed by atoms with Gasteiger partial charge in [-0.25, -0.2) is 8.42 Å². The maximum atomic E-state index is 12.5. The number of rotatable bonds is 5. The monoisotopic (exact) mass is 327 g/mol. The Balaban J connectivity index is 2.25. The molecule has 0 radical (unpaired) electrons. The van der Waals surface area contributed by atoms with Gasteiger partial charge in [-0.3, -0.25) is 4.79 Å². The number of sulfonamides is 1. The summed E-state index contributed by atoms with van der Waals surface area (Å²) in [5.74, 6) is -0.953. The van der Waals surface area contributed by atoms with Crippen molar-refractivity contribution >= 4 is 16.0 Å². The van der Waals surface area contributed by atoms with Gasteiger partial charge in [-0.05, 0) is 38.0 Å². The number of carboxylic acid groups (broad SMARTS) is 1. The number of hydrogen-bond donors (Lipinski definition) is 1. The molecule has 1 aliphatic heterocycles. The van der Waals surface area contributed by atoms with E-state index >= 15 is 0 Å². The van der Waals surface area contributed by atoms with Crippen LogP contribution >= 0.6 is 0 Å². The van der Waals surface area contributed by atoms with E-state index in [1.165, 1.54) is 16.4 Å². The summed E-state index contributed by atoms with van der Waals surface area (Å²) in [4.78, 5) is 11.4. The predicted octanol–water partition coefficient (Wildman–Crippen LogP) is 1.46. The molecular formula is C15H21NO5S. The molecule has 1 N–H and O–H groups in total. The van der Waals surface area contributed by atoms with Gasteiger partial charge in [0.25, 0.3) is 0 Å². The van der Waals surface area contributed by atoms with Crippen molar-refractivity contribution in [2.24, 2.45) is 0 Å². The Morgan fingerprint density at radius 2 is 1.91 bits per heavy atom. The van der Waals surface area contributed by atoms with Gasteiger partial charge in [-0.1, -0.05) is 12.1 Å². The maximum absolute atomic E-state index is 12.5. The first kappa shape index (κ1) is 16.9. The van der Waals surface area contributed by atoms with Gasteiger partial charge in [-0.15, -0.1) is 0 Å². The van der Waals surface area contributed by atoms with Crippen molar-refractivity contribution in [2.45, 2.75) is 36.7 Å². The Kier molecular flexibility index (Phi) is 4.60. The molecule has 0 saturated carbocycles. The SMILES string of the molecule is CO[C@@H]1CCN(S(=O)(=O)c2ccc(C(C)(C)C(=O)O)cc2)C1. The molecule has 0 amide bonds. The van der Waals surface area contributed by atoms with Gasteiger partial charge in [0.2, 0.25) is 10.0 Å². The first-order valence-corrected chi connectivity index (χ1v) is 8.50. The lowest BCUT2D eigenvalue weighted by Crippen LogP contribution is -2.31. The number of carboxylic acids is 1. The van der Waals surface area contributed by atoms with E-state index < -0.39 is 21.4 Å². The fourth-order valence-electron chi connectivity index (χ4n) is 2.42. The zero-order valence-electron chi connectivity index (χ0n) is 12.9. The van der Waals surface area contributed by atoms with E-state index in [-0.39, 0.29) is 11.0 Å². The lowest BCUT2D eigenvalue weighted by atomic mass is 9.85. The van der Waals surface area contributed by atoms with E-state index in [9.17, 15) is 18.3 Å². The van der Waals surface area contributed by atoms with Crippen LogP contribution in [0.3, 0.4) is 0 Å². The molecule has 7 heteroatoms. The number of carbonyl (C=O) groups is 1. The van der Waals surface area contributed by atoms with E-state index in [2.05, 4.69) is 0 Å². The number of hydrogen-bond acceptors (Lipinski definition) is 4. The average Bonchev–Trinajstić information content (AvgIpc) is 2.97. The van der Waals surface area contributed by atoms with Crippen LogP contribution in [0.25, 0.3) is 0 Å². The molecule has 6 nitrogen and oxygen atoms in total. The largest absolute Gasteiger partial charge is 0.481 e. The molecule has 0 aliphatic carbocycles. The fourth-order valence-corrected chi connectivity index (χ4v) is 3.91. The summed E-state index contributed by atoms with van der Waals surface area (Å²) in [5, 5.41) is 9.21. The van der Waals surface area contributed by atoms with Crippen LogP contribution in [-0.2, 0) is 25.0 Å². The summed E-state index contributed by atoms with van der Waals surface area (Å²) in [5.41, 5.74) is -0.494. The predicted molar refractivity (Wildman–Crippen MR) is 81.3 cm³/mol. The highest BCUT2D eigenvalue weighted by molar-refractivity contribution is 7.89. The second-order valence-corrected chi connectivity index (χ2v) is 7.90. The molecule has 1 aromatic carbocycles. The average molecular weight is 327 g/mol. The van der Waals surface area contributed by atoms with E-state index in [4.69, 9.17) is 4.74 Å². The van der Waals surface area contributed by atoms with Gasteiger partial charge in [0, 0.05) is 20.2 Å². The standard InChI is InChI=1S/C15H21NO5S/c1-15(2,14(17)18)11-4-6-13(7-5-11)22(19,20)16-9-8-12(10-16)21-3/h4-7,12H,8-10H2,1-3H3,(H,17,18)/t12-/m1/s1. The van der Waals surface area contributed by atoms with Crippen molar-refractivity contribution in [1.82, 2.24) is 4.31 Å². The first-order valence-electron chi connectivity index (χ1n) is 7.06. The Bertz CT molecular complexity index is 651. The minimum absolute atomic E-state index is 0.0695. The molecule has 0 aromatic heterocycles. The van der Waals surface area contributed by atoms with Crippen LogP contribution < -0.4 is 0 Å². The Morgan fingerprint density at radius 1 is 1.32 bits per heavy atom. The molecule has 1 heterocycles. The van der Waals surface area contributed by atoms with Gasteiger partial charge in [0.1, 0.15) is 0 Å². The number of nitrogens with zero attached hydrogens (tertiary/aromatic N) is 1. The Hall–Kier alpha value is -1.44. The van der Waals surface area contributed by atoms with Crippen LogP contribution in [0.4, 0.5) is 0 Å². The van der Waals surface area contributed by atoms with Gasteiger partial charge in [-0.2, -0.15) is 4.31 Å². The zero-order valence-corrected chi connectivity index (χ0v) is 13.8. The molecule has 1 fully saturated rings. The van der Waals surface area contributed by atoms with Crippen LogP contribution in [0.5, 0.6) is 0 Å². The van der Waals surface area contributed by atoms with Gasteiger partial charge in [0.05, 0.1) is 16.4 Å². The van der Waals surface area contributed by atoms with Crippen LogP contribution in [0, 0.1) is 0 Å². The summed E-state index contributed by atoms with van der Waals surface area (Å²) >= 11 is 0. The molecule has 1 aliphatic rings. The van der Waals surface area contributed by atoms with Gasteiger partial charge in [0.15, 0.2) is 0 Å². The highest BCUT2D eigenvalue weighted by Gasteiger charge is 2.33. The topological polar surface area (TPSA) is 83.9 Å². The minimum Gasteiger partial charge on any atom is -0.481 e. The van der Waals surface area contributed by atoms with E-state index in [1.807, 2.05) is 0 Å². The summed E-state index contributed by atoms with van der Waals surface area (Å²) < 4.78 is 31.7. The highest BCUT2D eigenvalue weighted by Crippen LogP contribution is 2.27. The second kappa shape index (κ2) is 5.98. The van der Waals surface area contributed by atoms with Crippen LogP contribution in [-0.4, -0.2) is 50.1 Å². The third kappa shape index (κ3) is 3.02. The third-order valence-electron chi connectivity index (χ3n) is 4.19. The summed E-state index contributed by atoms with van der Waals surface area (Å²) in [6.45, 7) is 3.95. The number of aliphatic carboxylic acids is 1. The number of methoxy groups -OCH3 is 1. The van der Waals surface area contributed by atoms with Crippen LogP contribution in [0.2, 0.25) is 0 Å². The smallest absolute Gasteiger partial charge is 0.313 e. The molecule has 0 unspecified atom stereocenters. The molecule has 22 heavy (non-hydrogen) atoms. The number of ether oxygens (including phenoxy) is 1. The molecule has 2 rings (SSSR count). The van der Waals surface area contributed by atoms with E-state index in [0.717, 1.165) is 0 Å². The van der Waals surface area contributed by atoms with Crippen molar-refractivity contribution in [3.63, 3.8) is 0 Å². The normalized spacial score (nSPS) is 20.2. The first-order chi connectivity index (χ1) is 10.2. The lowest BCUT2D eigenvalue weighted by molar-refractivity contribution is -0.142. The molecule has 122 valence electrons. The summed E-state index contributed by atoms with van der Waals surface area (Å²) in [6.07, 6.45) is 0.611. The lowest BCUT2D eigenvalue weighted by Gasteiger charge is -2.21. The van der Waals surface area contributed by atoms with Crippen LogP contribution in [0.1, 0.15) is 25.8 Å². The molecule has 1 aromatic rings. The minimum atomic E-state index is -3.56. The van der Waals surface area contributed by atoms with Gasteiger partial charge < -0.3 is 9.84 Å². The second-order valence-electron chi connectivity index (χ2n) is 5.96. The summed E-state index contributed by atoms with van der Waals surface area (Å²) in [7, 11) is -1.99. The molecule has 0 spiro atoms. The van der Waals surface area contributed by atoms with Crippen molar-refractivity contribution < 1.29 is 23.1 Å². The van der Waals surface area contributed by atoms with E-state index in [1.54, 1.807) is 33.1 Å². The van der Waals surface area contributed by atoms with Crippen LogP contribution in [0.15, 0.2) is 29.2 Å². The van der Waals surface area contributed by atoms with E-state index in [0.29, 0.717) is 25.1 Å². The number of benzene rings is 1. The fraction of sp³-hybridized carbons (Fsp3) is 0.533. The zero-order chi connectivity index (χ0) is 16.5.